The summed E-state index contributed by atoms with van der Waals surface area (Å²) in [5.74, 6) is -0.312. The van der Waals surface area contributed by atoms with Crippen LogP contribution in [0.15, 0.2) is 42.7 Å². The van der Waals surface area contributed by atoms with Crippen molar-refractivity contribution in [3.63, 3.8) is 0 Å². The van der Waals surface area contributed by atoms with Crippen LogP contribution < -0.4 is 5.32 Å². The van der Waals surface area contributed by atoms with Crippen LogP contribution in [0.5, 0.6) is 0 Å². The van der Waals surface area contributed by atoms with Crippen molar-refractivity contribution < 1.29 is 4.39 Å². The number of halogens is 2. The Morgan fingerprint density at radius 3 is 2.67 bits per heavy atom. The van der Waals surface area contributed by atoms with Gasteiger partial charge in [0.1, 0.15) is 5.82 Å². The van der Waals surface area contributed by atoms with Gasteiger partial charge in [0, 0.05) is 23.8 Å². The standard InChI is InChI=1S/C14H14ClFN2/c1-10(12-2-4-13(15)5-3-12)18-8-11-6-14(16)9-17-7-11/h2-7,9-10,18H,8H2,1H3/t10-/m0/s1. The highest BCUT2D eigenvalue weighted by Gasteiger charge is 2.05. The maximum Gasteiger partial charge on any atom is 0.141 e. The fourth-order valence-electron chi connectivity index (χ4n) is 1.69. The van der Waals surface area contributed by atoms with E-state index in [0.29, 0.717) is 6.54 Å². The highest BCUT2D eigenvalue weighted by Crippen LogP contribution is 2.16. The molecule has 0 bridgehead atoms. The third kappa shape index (κ3) is 3.52. The molecule has 1 N–H and O–H groups in total. The zero-order valence-electron chi connectivity index (χ0n) is 10.0. The number of rotatable bonds is 4. The van der Waals surface area contributed by atoms with Crippen LogP contribution in [0, 0.1) is 5.82 Å². The molecule has 18 heavy (non-hydrogen) atoms. The molecule has 1 heterocycles. The van der Waals surface area contributed by atoms with Crippen molar-refractivity contribution in [3.05, 3.63) is 64.7 Å². The van der Waals surface area contributed by atoms with Gasteiger partial charge in [-0.15, -0.1) is 0 Å². The highest BCUT2D eigenvalue weighted by atomic mass is 35.5. The van der Waals surface area contributed by atoms with Crippen LogP contribution >= 0.6 is 11.6 Å². The molecule has 0 radical (unpaired) electrons. The molecule has 2 rings (SSSR count). The van der Waals surface area contributed by atoms with Gasteiger partial charge in [0.25, 0.3) is 0 Å². The second-order valence-corrected chi connectivity index (χ2v) is 4.60. The maximum atomic E-state index is 13.0. The van der Waals surface area contributed by atoms with E-state index in [9.17, 15) is 4.39 Å². The number of nitrogens with zero attached hydrogens (tertiary/aromatic N) is 1. The maximum absolute atomic E-state index is 13.0. The monoisotopic (exact) mass is 264 g/mol. The van der Waals surface area contributed by atoms with Crippen LogP contribution in [0.4, 0.5) is 4.39 Å². The summed E-state index contributed by atoms with van der Waals surface area (Å²) >= 11 is 5.84. The molecule has 0 saturated heterocycles. The van der Waals surface area contributed by atoms with E-state index in [0.717, 1.165) is 16.1 Å². The molecule has 1 aromatic carbocycles. The van der Waals surface area contributed by atoms with Gasteiger partial charge in [0.2, 0.25) is 0 Å². The Kier molecular flexibility index (Phi) is 4.28. The Labute approximate surface area is 111 Å². The van der Waals surface area contributed by atoms with Gasteiger partial charge in [-0.05, 0) is 36.2 Å². The summed E-state index contributed by atoms with van der Waals surface area (Å²) in [5, 5.41) is 4.03. The summed E-state index contributed by atoms with van der Waals surface area (Å²) in [5.41, 5.74) is 1.97. The molecule has 0 aliphatic rings. The molecule has 4 heteroatoms. The van der Waals surface area contributed by atoms with Gasteiger partial charge in [0.15, 0.2) is 0 Å². The predicted octanol–water partition coefficient (Wildman–Crippen LogP) is 3.72. The van der Waals surface area contributed by atoms with Crippen LogP contribution in [-0.4, -0.2) is 4.98 Å². The van der Waals surface area contributed by atoms with Gasteiger partial charge in [-0.3, -0.25) is 4.98 Å². The Balaban J connectivity index is 1.96. The van der Waals surface area contributed by atoms with Gasteiger partial charge in [0.05, 0.1) is 6.20 Å². The second kappa shape index (κ2) is 5.94. The molecule has 1 atom stereocenters. The largest absolute Gasteiger partial charge is 0.306 e. The van der Waals surface area contributed by atoms with E-state index in [1.54, 1.807) is 6.20 Å². The number of hydrogen-bond acceptors (Lipinski definition) is 2. The average Bonchev–Trinajstić information content (AvgIpc) is 2.37. The summed E-state index contributed by atoms with van der Waals surface area (Å²) in [7, 11) is 0. The number of benzene rings is 1. The van der Waals surface area contributed by atoms with Crippen LogP contribution in [0.1, 0.15) is 24.1 Å². The van der Waals surface area contributed by atoms with Crippen LogP contribution in [0.3, 0.4) is 0 Å². The van der Waals surface area contributed by atoms with Crippen molar-refractivity contribution in [3.8, 4) is 0 Å². The quantitative estimate of drug-likeness (QED) is 0.910. The molecule has 0 saturated carbocycles. The SMILES string of the molecule is C[C@H](NCc1cncc(F)c1)c1ccc(Cl)cc1. The minimum atomic E-state index is -0.312. The third-order valence-corrected chi connectivity index (χ3v) is 3.00. The zero-order chi connectivity index (χ0) is 13.0. The molecular weight excluding hydrogens is 251 g/mol. The predicted molar refractivity (Wildman–Crippen MR) is 70.9 cm³/mol. The lowest BCUT2D eigenvalue weighted by Gasteiger charge is -2.14. The molecule has 0 aliphatic heterocycles. The van der Waals surface area contributed by atoms with Crippen molar-refractivity contribution in [2.45, 2.75) is 19.5 Å². The van der Waals surface area contributed by atoms with Gasteiger partial charge in [-0.1, -0.05) is 23.7 Å². The van der Waals surface area contributed by atoms with Gasteiger partial charge in [-0.25, -0.2) is 4.39 Å². The lowest BCUT2D eigenvalue weighted by Crippen LogP contribution is -2.18. The lowest BCUT2D eigenvalue weighted by molar-refractivity contribution is 0.567. The van der Waals surface area contributed by atoms with E-state index in [4.69, 9.17) is 11.6 Å². The van der Waals surface area contributed by atoms with E-state index < -0.39 is 0 Å². The van der Waals surface area contributed by atoms with Crippen LogP contribution in [0.2, 0.25) is 5.02 Å². The first-order valence-electron chi connectivity index (χ1n) is 5.73. The van der Waals surface area contributed by atoms with E-state index >= 15 is 0 Å². The Bertz CT molecular complexity index is 513. The Morgan fingerprint density at radius 2 is 2.00 bits per heavy atom. The third-order valence-electron chi connectivity index (χ3n) is 2.74. The topological polar surface area (TPSA) is 24.9 Å². The first-order valence-corrected chi connectivity index (χ1v) is 6.11. The summed E-state index contributed by atoms with van der Waals surface area (Å²) in [6.07, 6.45) is 2.86. The summed E-state index contributed by atoms with van der Waals surface area (Å²) in [6.45, 7) is 2.63. The summed E-state index contributed by atoms with van der Waals surface area (Å²) in [4.78, 5) is 3.81. The van der Waals surface area contributed by atoms with Gasteiger partial charge < -0.3 is 5.32 Å². The Hall–Kier alpha value is -1.45. The summed E-state index contributed by atoms with van der Waals surface area (Å²) < 4.78 is 13.0. The number of hydrogen-bond donors (Lipinski definition) is 1. The van der Waals surface area contributed by atoms with E-state index in [1.165, 1.54) is 12.3 Å². The van der Waals surface area contributed by atoms with Crippen molar-refractivity contribution in [2.75, 3.05) is 0 Å². The van der Waals surface area contributed by atoms with E-state index in [1.807, 2.05) is 24.3 Å². The minimum Gasteiger partial charge on any atom is -0.306 e. The molecule has 2 aromatic rings. The number of aromatic nitrogens is 1. The highest BCUT2D eigenvalue weighted by molar-refractivity contribution is 6.30. The van der Waals surface area contributed by atoms with Gasteiger partial charge >= 0.3 is 0 Å². The molecule has 0 amide bonds. The Morgan fingerprint density at radius 1 is 1.28 bits per heavy atom. The minimum absolute atomic E-state index is 0.172. The first-order chi connectivity index (χ1) is 8.65. The fraction of sp³-hybridized carbons (Fsp3) is 0.214. The molecule has 0 aliphatic carbocycles. The lowest BCUT2D eigenvalue weighted by atomic mass is 10.1. The zero-order valence-corrected chi connectivity index (χ0v) is 10.8. The van der Waals surface area contributed by atoms with E-state index in [2.05, 4.69) is 17.2 Å². The second-order valence-electron chi connectivity index (χ2n) is 4.17. The number of nitrogens with one attached hydrogen (secondary N) is 1. The van der Waals surface area contributed by atoms with Crippen molar-refractivity contribution in [1.29, 1.82) is 0 Å². The normalized spacial score (nSPS) is 12.4. The van der Waals surface area contributed by atoms with Crippen molar-refractivity contribution in [2.24, 2.45) is 0 Å². The van der Waals surface area contributed by atoms with Crippen LogP contribution in [0.25, 0.3) is 0 Å². The molecular formula is C14H14ClFN2. The fourth-order valence-corrected chi connectivity index (χ4v) is 1.82. The molecule has 0 spiro atoms. The molecule has 0 unspecified atom stereocenters. The molecule has 1 aromatic heterocycles. The van der Waals surface area contributed by atoms with Crippen molar-refractivity contribution in [1.82, 2.24) is 10.3 Å². The van der Waals surface area contributed by atoms with Crippen molar-refractivity contribution >= 4 is 11.6 Å². The molecule has 0 fully saturated rings. The van der Waals surface area contributed by atoms with Gasteiger partial charge in [-0.2, -0.15) is 0 Å². The average molecular weight is 265 g/mol. The first kappa shape index (κ1) is 13.0. The summed E-state index contributed by atoms with van der Waals surface area (Å²) in [6, 6.07) is 9.32. The molecule has 2 nitrogen and oxygen atoms in total. The smallest absolute Gasteiger partial charge is 0.141 e. The van der Waals surface area contributed by atoms with Crippen LogP contribution in [-0.2, 0) is 6.54 Å². The number of pyridine rings is 1. The molecule has 94 valence electrons. The van der Waals surface area contributed by atoms with E-state index in [-0.39, 0.29) is 11.9 Å².